The molecule has 0 unspecified atom stereocenters. The molecule has 0 radical (unpaired) electrons. The van der Waals surface area contributed by atoms with Crippen LogP contribution in [0.25, 0.3) is 0 Å². The average molecular weight is 376 g/mol. The first-order chi connectivity index (χ1) is 13.7. The van der Waals surface area contributed by atoms with E-state index in [0.29, 0.717) is 19.6 Å². The number of hydrogen-bond acceptors (Lipinski definition) is 5. The number of rotatable bonds is 3. The molecule has 0 aliphatic carbocycles. The van der Waals surface area contributed by atoms with Gasteiger partial charge in [-0.05, 0) is 34.4 Å². The summed E-state index contributed by atoms with van der Waals surface area (Å²) in [5, 5.41) is 11.4. The number of amides is 1. The second kappa shape index (κ2) is 6.70. The van der Waals surface area contributed by atoms with Gasteiger partial charge in [-0.25, -0.2) is 4.68 Å². The molecule has 2 aliphatic rings. The number of carbonyl (C=O) groups is 1. The van der Waals surface area contributed by atoms with Crippen molar-refractivity contribution in [2.24, 2.45) is 5.92 Å². The molecule has 3 atom stereocenters. The van der Waals surface area contributed by atoms with Gasteiger partial charge in [0.25, 0.3) is 11.5 Å². The maximum atomic E-state index is 13.5. The monoisotopic (exact) mass is 376 g/mol. The van der Waals surface area contributed by atoms with Gasteiger partial charge < -0.3 is 9.47 Å². The molecule has 1 fully saturated rings. The molecule has 1 aromatic carbocycles. The lowest BCUT2D eigenvalue weighted by Crippen LogP contribution is -2.51. The van der Waals surface area contributed by atoms with Gasteiger partial charge in [0.15, 0.2) is 6.04 Å². The van der Waals surface area contributed by atoms with Crippen molar-refractivity contribution in [2.45, 2.75) is 24.9 Å². The Morgan fingerprint density at radius 2 is 1.89 bits per heavy atom. The van der Waals surface area contributed by atoms with Crippen molar-refractivity contribution < 1.29 is 4.79 Å². The lowest BCUT2D eigenvalue weighted by molar-refractivity contribution is -0.136. The molecule has 0 saturated carbocycles. The van der Waals surface area contributed by atoms with Crippen molar-refractivity contribution in [1.29, 1.82) is 0 Å². The summed E-state index contributed by atoms with van der Waals surface area (Å²) in [6.45, 7) is 1.90. The number of piperidine rings is 1. The first kappa shape index (κ1) is 16.9. The number of likely N-dealkylation sites (tertiary alicyclic amines) is 1. The molecule has 1 saturated heterocycles. The maximum absolute atomic E-state index is 13.5. The minimum absolute atomic E-state index is 0.0140. The van der Waals surface area contributed by atoms with Crippen LogP contribution in [0.2, 0.25) is 0 Å². The van der Waals surface area contributed by atoms with Gasteiger partial charge >= 0.3 is 0 Å². The maximum Gasteiger partial charge on any atom is 0.252 e. The van der Waals surface area contributed by atoms with Crippen molar-refractivity contribution in [3.05, 3.63) is 76.5 Å². The third-order valence-electron chi connectivity index (χ3n) is 5.77. The zero-order valence-electron chi connectivity index (χ0n) is 15.3. The van der Waals surface area contributed by atoms with Crippen LogP contribution in [0, 0.1) is 5.92 Å². The topological polar surface area (TPSA) is 85.9 Å². The molecule has 3 aromatic rings. The van der Waals surface area contributed by atoms with Gasteiger partial charge in [-0.2, -0.15) is 0 Å². The summed E-state index contributed by atoms with van der Waals surface area (Å²) in [6.07, 6.45) is 2.49. The molecule has 28 heavy (non-hydrogen) atoms. The van der Waals surface area contributed by atoms with E-state index in [9.17, 15) is 9.59 Å². The second-order valence-electron chi connectivity index (χ2n) is 7.54. The molecule has 2 bridgehead atoms. The average Bonchev–Trinajstić information content (AvgIpc) is 3.24. The fourth-order valence-corrected chi connectivity index (χ4v) is 4.58. The van der Waals surface area contributed by atoms with Crippen LogP contribution in [0.3, 0.4) is 0 Å². The van der Waals surface area contributed by atoms with Crippen molar-refractivity contribution in [3.63, 3.8) is 0 Å². The molecule has 2 aliphatic heterocycles. The number of fused-ring (bicyclic) bond motifs is 4. The van der Waals surface area contributed by atoms with Gasteiger partial charge in [0.2, 0.25) is 0 Å². The summed E-state index contributed by atoms with van der Waals surface area (Å²) in [6, 6.07) is 14.4. The predicted octanol–water partition coefficient (Wildman–Crippen LogP) is 1.07. The van der Waals surface area contributed by atoms with E-state index >= 15 is 0 Å². The number of nitrogens with zero attached hydrogens (tertiary/aromatic N) is 6. The molecular weight excluding hydrogens is 356 g/mol. The third kappa shape index (κ3) is 2.81. The van der Waals surface area contributed by atoms with Crippen LogP contribution in [-0.4, -0.2) is 48.7 Å². The van der Waals surface area contributed by atoms with Crippen molar-refractivity contribution >= 4 is 5.91 Å². The van der Waals surface area contributed by atoms with Gasteiger partial charge in [-0.3, -0.25) is 9.59 Å². The first-order valence-electron chi connectivity index (χ1n) is 9.46. The molecule has 142 valence electrons. The van der Waals surface area contributed by atoms with Crippen molar-refractivity contribution in [2.75, 3.05) is 13.1 Å². The smallest absolute Gasteiger partial charge is 0.252 e. The van der Waals surface area contributed by atoms with Gasteiger partial charge in [-0.15, -0.1) is 5.10 Å². The largest absolute Gasteiger partial charge is 0.340 e. The summed E-state index contributed by atoms with van der Waals surface area (Å²) in [5.74, 6) is 0.441. The van der Waals surface area contributed by atoms with Crippen LogP contribution in [0.4, 0.5) is 0 Å². The fraction of sp³-hybridized carbons (Fsp3) is 0.350. The number of hydrogen-bond donors (Lipinski definition) is 0. The van der Waals surface area contributed by atoms with Crippen molar-refractivity contribution in [1.82, 2.24) is 29.7 Å². The highest BCUT2D eigenvalue weighted by molar-refractivity contribution is 5.83. The standard InChI is InChI=1S/C20H20N6O2/c27-18-8-4-7-17-16-9-14(11-25(17)18)10-24(12-16)20(28)19(26-13-21-22-23-26)15-5-2-1-3-6-15/h1-8,13-14,16,19H,9-12H2/t14-,16+,19+/m1/s1. The van der Waals surface area contributed by atoms with Gasteiger partial charge in [0.1, 0.15) is 6.33 Å². The molecule has 0 spiro atoms. The Morgan fingerprint density at radius 1 is 1.04 bits per heavy atom. The van der Waals surface area contributed by atoms with Crippen LogP contribution >= 0.6 is 0 Å². The molecular formula is C20H20N6O2. The van der Waals surface area contributed by atoms with E-state index in [1.807, 2.05) is 51.9 Å². The zero-order chi connectivity index (χ0) is 19.1. The SMILES string of the molecule is O=C([C@H](c1ccccc1)n1cnnn1)N1C[C@H]2C[C@@H](C1)c1cccc(=O)n1C2. The Balaban J connectivity index is 1.48. The highest BCUT2D eigenvalue weighted by Crippen LogP contribution is 2.36. The third-order valence-corrected chi connectivity index (χ3v) is 5.77. The van der Waals surface area contributed by atoms with Gasteiger partial charge in [-0.1, -0.05) is 36.4 Å². The van der Waals surface area contributed by atoms with Crippen LogP contribution in [0.5, 0.6) is 0 Å². The summed E-state index contributed by atoms with van der Waals surface area (Å²) in [7, 11) is 0. The molecule has 4 heterocycles. The zero-order valence-corrected chi connectivity index (χ0v) is 15.3. The van der Waals surface area contributed by atoms with E-state index in [2.05, 4.69) is 15.5 Å². The van der Waals surface area contributed by atoms with E-state index in [0.717, 1.165) is 17.7 Å². The lowest BCUT2D eigenvalue weighted by atomic mass is 9.82. The normalized spacial score (nSPS) is 21.8. The lowest BCUT2D eigenvalue weighted by Gasteiger charge is -2.43. The van der Waals surface area contributed by atoms with Gasteiger partial charge in [0.05, 0.1) is 0 Å². The van der Waals surface area contributed by atoms with E-state index in [1.165, 1.54) is 11.0 Å². The number of pyridine rings is 1. The Morgan fingerprint density at radius 3 is 2.68 bits per heavy atom. The Labute approximate surface area is 161 Å². The highest BCUT2D eigenvalue weighted by atomic mass is 16.2. The molecule has 5 rings (SSSR count). The Bertz CT molecular complexity index is 1050. The molecule has 0 N–H and O–H groups in total. The molecule has 8 heteroatoms. The summed E-state index contributed by atoms with van der Waals surface area (Å²) in [4.78, 5) is 27.7. The molecule has 2 aromatic heterocycles. The number of carbonyl (C=O) groups excluding carboxylic acids is 1. The quantitative estimate of drug-likeness (QED) is 0.683. The minimum atomic E-state index is -0.590. The summed E-state index contributed by atoms with van der Waals surface area (Å²) < 4.78 is 3.39. The van der Waals surface area contributed by atoms with Crippen molar-refractivity contribution in [3.8, 4) is 0 Å². The fourth-order valence-electron chi connectivity index (χ4n) is 4.58. The number of tetrazole rings is 1. The van der Waals surface area contributed by atoms with E-state index < -0.39 is 6.04 Å². The van der Waals surface area contributed by atoms with Crippen LogP contribution < -0.4 is 5.56 Å². The summed E-state index contributed by atoms with van der Waals surface area (Å²) in [5.41, 5.74) is 1.93. The van der Waals surface area contributed by atoms with Crippen LogP contribution in [0.15, 0.2) is 59.7 Å². The highest BCUT2D eigenvalue weighted by Gasteiger charge is 2.39. The first-order valence-corrected chi connectivity index (χ1v) is 9.46. The number of benzene rings is 1. The minimum Gasteiger partial charge on any atom is -0.340 e. The molecule has 8 nitrogen and oxygen atoms in total. The van der Waals surface area contributed by atoms with E-state index in [1.54, 1.807) is 6.07 Å². The second-order valence-corrected chi connectivity index (χ2v) is 7.54. The predicted molar refractivity (Wildman–Crippen MR) is 101 cm³/mol. The van der Waals surface area contributed by atoms with Crippen LogP contribution in [0.1, 0.15) is 29.6 Å². The van der Waals surface area contributed by atoms with E-state index in [-0.39, 0.29) is 23.3 Å². The Kier molecular flexibility index (Phi) is 4.03. The van der Waals surface area contributed by atoms with Gasteiger partial charge in [0, 0.05) is 37.3 Å². The van der Waals surface area contributed by atoms with Crippen LogP contribution in [-0.2, 0) is 11.3 Å². The van der Waals surface area contributed by atoms with E-state index in [4.69, 9.17) is 0 Å². The summed E-state index contributed by atoms with van der Waals surface area (Å²) >= 11 is 0. The molecule has 1 amide bonds. The Hall–Kier alpha value is -3.29. The number of aromatic nitrogens is 5.